The van der Waals surface area contributed by atoms with E-state index >= 15 is 4.39 Å². The van der Waals surface area contributed by atoms with E-state index in [0.717, 1.165) is 58.5 Å². The summed E-state index contributed by atoms with van der Waals surface area (Å²) in [5.74, 6) is 2.75. The highest BCUT2D eigenvalue weighted by atomic mass is 19.1. The van der Waals surface area contributed by atoms with Crippen molar-refractivity contribution >= 4 is 35.0 Å². The Morgan fingerprint density at radius 2 is 1.90 bits per heavy atom. The number of phenolic OH excluding ortho intramolecular Hbond substituents is 1. The molecule has 5 heterocycles. The molecule has 5 aliphatic rings. The molecule has 4 saturated heterocycles. The van der Waals surface area contributed by atoms with Crippen LogP contribution in [-0.2, 0) is 15.9 Å². The number of hydrogen-bond donors (Lipinski definition) is 2. The Hall–Kier alpha value is -4.31. The summed E-state index contributed by atoms with van der Waals surface area (Å²) in [5, 5.41) is 15.2. The van der Waals surface area contributed by atoms with Crippen molar-refractivity contribution in [3.8, 4) is 24.1 Å². The topological polar surface area (TPSA) is 105 Å². The summed E-state index contributed by atoms with van der Waals surface area (Å²) >= 11 is 0. The summed E-state index contributed by atoms with van der Waals surface area (Å²) in [6.45, 7) is 10.1. The van der Waals surface area contributed by atoms with E-state index in [4.69, 9.17) is 25.6 Å². The standard InChI is InChI=1S/C38H42F2N6O4/c1-4-29-30(39)8-5-22-11-28(47)12-23(32(22)29)13-31(40)34-33(36(41-2)48-3)35(46-16-26-6-7-27(17-46)42-26)44-37(43-34)50-21-38(9-10-38)20-45-14-24-18-49-19-25(24)15-45/h1,5,8,11-12,24-27,42,47H,2,6-7,9-10,13-21H2,3H3/b34-31-,36-33-. The molecule has 8 rings (SSSR count). The molecule has 10 nitrogen and oxygen atoms in total. The van der Waals surface area contributed by atoms with Crippen LogP contribution in [0.1, 0.15) is 36.8 Å². The van der Waals surface area contributed by atoms with Crippen molar-refractivity contribution in [2.24, 2.45) is 22.2 Å². The molecule has 4 aliphatic heterocycles. The summed E-state index contributed by atoms with van der Waals surface area (Å²) in [7, 11) is 1.45. The quantitative estimate of drug-likeness (QED) is 0.247. The largest absolute Gasteiger partial charge is 0.508 e. The summed E-state index contributed by atoms with van der Waals surface area (Å²) < 4.78 is 49.7. The lowest BCUT2D eigenvalue weighted by molar-refractivity contribution is 0.131. The number of fused-ring (bicyclic) bond motifs is 4. The third-order valence-electron chi connectivity index (χ3n) is 11.2. The fourth-order valence-corrected chi connectivity index (χ4v) is 8.50. The average Bonchev–Trinajstić information content (AvgIpc) is 3.35. The van der Waals surface area contributed by atoms with Crippen molar-refractivity contribution in [1.29, 1.82) is 0 Å². The lowest BCUT2D eigenvalue weighted by Crippen LogP contribution is -2.54. The van der Waals surface area contributed by atoms with E-state index < -0.39 is 11.6 Å². The zero-order valence-electron chi connectivity index (χ0n) is 28.3. The highest BCUT2D eigenvalue weighted by Gasteiger charge is 2.48. The second-order valence-corrected chi connectivity index (χ2v) is 14.7. The summed E-state index contributed by atoms with van der Waals surface area (Å²) in [6, 6.07) is 6.22. The van der Waals surface area contributed by atoms with Gasteiger partial charge in [-0.05, 0) is 61.5 Å². The van der Waals surface area contributed by atoms with Gasteiger partial charge in [0.1, 0.15) is 33.8 Å². The van der Waals surface area contributed by atoms with Crippen LogP contribution in [0.5, 0.6) is 11.8 Å². The van der Waals surface area contributed by atoms with E-state index in [9.17, 15) is 9.50 Å². The normalized spacial score (nSPS) is 26.4. The van der Waals surface area contributed by atoms with Gasteiger partial charge in [0.2, 0.25) is 5.88 Å². The predicted octanol–water partition coefficient (Wildman–Crippen LogP) is 2.87. The summed E-state index contributed by atoms with van der Waals surface area (Å²) in [4.78, 5) is 18.4. The van der Waals surface area contributed by atoms with Crippen molar-refractivity contribution in [2.75, 3.05) is 64.6 Å². The molecule has 2 bridgehead atoms. The molecule has 0 amide bonds. The summed E-state index contributed by atoms with van der Waals surface area (Å²) in [5.41, 5.74) is 0.290. The number of anilines is 1. The number of hydrogen-bond acceptors (Lipinski definition) is 10. The first kappa shape index (κ1) is 32.9. The van der Waals surface area contributed by atoms with Crippen LogP contribution in [-0.4, -0.2) is 98.4 Å². The van der Waals surface area contributed by atoms with Crippen LogP contribution in [0.2, 0.25) is 0 Å². The molecule has 4 atom stereocenters. The van der Waals surface area contributed by atoms with Gasteiger partial charge in [0, 0.05) is 73.9 Å². The molecule has 2 aromatic carbocycles. The minimum absolute atomic E-state index is 0.00463. The van der Waals surface area contributed by atoms with Gasteiger partial charge >= 0.3 is 6.01 Å². The monoisotopic (exact) mass is 684 g/mol. The molecule has 1 saturated carbocycles. The number of aromatic hydroxyl groups is 1. The molecular formula is C38H42F2N6O4. The molecule has 12 heteroatoms. The smallest absolute Gasteiger partial charge is 0.319 e. The number of rotatable bonds is 10. The number of ether oxygens (including phenoxy) is 3. The molecule has 5 fully saturated rings. The maximum absolute atomic E-state index is 17.0. The maximum Gasteiger partial charge on any atom is 0.319 e. The third-order valence-corrected chi connectivity index (χ3v) is 11.2. The summed E-state index contributed by atoms with van der Waals surface area (Å²) in [6.07, 6.45) is 9.50. The number of benzene rings is 2. The van der Waals surface area contributed by atoms with Crippen molar-refractivity contribution in [1.82, 2.24) is 20.2 Å². The van der Waals surface area contributed by atoms with Crippen LogP contribution in [0.25, 0.3) is 22.5 Å². The Kier molecular flexibility index (Phi) is 8.61. The van der Waals surface area contributed by atoms with Crippen LogP contribution >= 0.6 is 0 Å². The molecule has 2 N–H and O–H groups in total. The first-order chi connectivity index (χ1) is 24.3. The van der Waals surface area contributed by atoms with E-state index in [2.05, 4.69) is 37.7 Å². The fraction of sp³-hybridized carbons (Fsp3) is 0.500. The maximum atomic E-state index is 17.0. The average molecular weight is 685 g/mol. The van der Waals surface area contributed by atoms with Gasteiger partial charge in [-0.25, -0.2) is 13.8 Å². The second kappa shape index (κ2) is 13.1. The number of aromatic nitrogens is 2. The van der Waals surface area contributed by atoms with Crippen molar-refractivity contribution in [3.63, 3.8) is 0 Å². The predicted molar refractivity (Wildman–Crippen MR) is 187 cm³/mol. The fourth-order valence-electron chi connectivity index (χ4n) is 8.50. The van der Waals surface area contributed by atoms with Gasteiger partial charge in [-0.2, -0.15) is 9.97 Å². The highest BCUT2D eigenvalue weighted by molar-refractivity contribution is 5.93. The number of nitrogens with one attached hydrogen (secondary N) is 1. The Balaban J connectivity index is 1.22. The van der Waals surface area contributed by atoms with Gasteiger partial charge in [0.15, 0.2) is 0 Å². The number of piperazine rings is 1. The zero-order chi connectivity index (χ0) is 34.6. The van der Waals surface area contributed by atoms with Crippen molar-refractivity contribution in [3.05, 3.63) is 51.8 Å². The Bertz CT molecular complexity index is 1990. The van der Waals surface area contributed by atoms with E-state index in [1.54, 1.807) is 0 Å². The molecule has 3 aromatic rings. The van der Waals surface area contributed by atoms with Crippen LogP contribution in [0, 0.1) is 35.4 Å². The lowest BCUT2D eigenvalue weighted by Gasteiger charge is -2.34. The number of phenols is 1. The zero-order valence-corrected chi connectivity index (χ0v) is 28.3. The molecule has 262 valence electrons. The van der Waals surface area contributed by atoms with E-state index in [-0.39, 0.29) is 57.7 Å². The number of aliphatic imine (C=N–C) groups is 1. The van der Waals surface area contributed by atoms with E-state index in [1.165, 1.54) is 31.4 Å². The molecule has 1 aliphatic carbocycles. The molecule has 0 spiro atoms. The number of methoxy groups -OCH3 is 1. The Morgan fingerprint density at radius 1 is 1.16 bits per heavy atom. The Labute approximate surface area is 289 Å². The van der Waals surface area contributed by atoms with Gasteiger partial charge in [0.05, 0.1) is 32.5 Å². The first-order valence-corrected chi connectivity index (χ1v) is 17.4. The van der Waals surface area contributed by atoms with Crippen molar-refractivity contribution < 1.29 is 28.1 Å². The minimum atomic E-state index is -0.670. The Morgan fingerprint density at radius 3 is 2.56 bits per heavy atom. The van der Waals surface area contributed by atoms with Crippen LogP contribution in [0.3, 0.4) is 0 Å². The molecular weight excluding hydrogens is 642 g/mol. The molecule has 50 heavy (non-hydrogen) atoms. The second-order valence-electron chi connectivity index (χ2n) is 14.7. The van der Waals surface area contributed by atoms with Gasteiger partial charge < -0.3 is 34.4 Å². The molecule has 1 aromatic heterocycles. The number of terminal acetylenes is 1. The number of halogens is 2. The van der Waals surface area contributed by atoms with Crippen LogP contribution < -0.4 is 25.5 Å². The van der Waals surface area contributed by atoms with Gasteiger partial charge in [0.25, 0.3) is 0 Å². The van der Waals surface area contributed by atoms with Gasteiger partial charge in [-0.3, -0.25) is 0 Å². The van der Waals surface area contributed by atoms with Crippen LogP contribution in [0.15, 0.2) is 29.3 Å². The number of nitrogens with zero attached hydrogens (tertiary/aromatic N) is 5. The SMILES string of the molecule is C#Cc1c(F)ccc2cc(O)cc(C/C(F)=c3/nc(OCC4(CN5CC6COCC6C5)CC4)nc(N4CC5CCC(C4)N5)/c3=C(/N=C)OC)c12. The van der Waals surface area contributed by atoms with E-state index in [1.807, 2.05) is 0 Å². The van der Waals surface area contributed by atoms with Gasteiger partial charge in [-0.1, -0.05) is 12.0 Å². The molecule has 4 unspecified atom stereocenters. The molecule has 0 radical (unpaired) electrons. The van der Waals surface area contributed by atoms with Crippen LogP contribution in [0.4, 0.5) is 14.6 Å². The first-order valence-electron chi connectivity index (χ1n) is 17.4. The van der Waals surface area contributed by atoms with Gasteiger partial charge in [-0.15, -0.1) is 6.42 Å². The number of likely N-dealkylation sites (tertiary alicyclic amines) is 1. The third kappa shape index (κ3) is 6.16. The van der Waals surface area contributed by atoms with Crippen molar-refractivity contribution in [2.45, 2.75) is 44.2 Å². The highest BCUT2D eigenvalue weighted by Crippen LogP contribution is 2.47. The van der Waals surface area contributed by atoms with E-state index in [0.29, 0.717) is 53.7 Å². The minimum Gasteiger partial charge on any atom is -0.508 e. The lowest BCUT2D eigenvalue weighted by atomic mass is 9.96.